The fourth-order valence-corrected chi connectivity index (χ4v) is 4.90. The average Bonchev–Trinajstić information content (AvgIpc) is 3.17. The third-order valence-electron chi connectivity index (χ3n) is 6.53. The van der Waals surface area contributed by atoms with Gasteiger partial charge in [0.2, 0.25) is 5.90 Å². The predicted octanol–water partition coefficient (Wildman–Crippen LogP) is 3.47. The van der Waals surface area contributed by atoms with Crippen LogP contribution in [0.15, 0.2) is 33.4 Å². The molecule has 6 aliphatic rings. The Bertz CT molecular complexity index is 728. The van der Waals surface area contributed by atoms with E-state index in [-0.39, 0.29) is 0 Å². The van der Waals surface area contributed by atoms with Gasteiger partial charge in [0.05, 0.1) is 24.9 Å². The number of hydrogen-bond donors (Lipinski definition) is 0. The largest absolute Gasteiger partial charge is 0.477 e. The number of ether oxygens (including phenoxy) is 2. The summed E-state index contributed by atoms with van der Waals surface area (Å²) in [6.45, 7) is 7.81. The van der Waals surface area contributed by atoms with Crippen LogP contribution in [-0.2, 0) is 9.47 Å². The van der Waals surface area contributed by atoms with Crippen molar-refractivity contribution in [2.24, 2.45) is 15.4 Å². The van der Waals surface area contributed by atoms with Crippen molar-refractivity contribution in [3.8, 4) is 0 Å². The highest BCUT2D eigenvalue weighted by molar-refractivity contribution is 5.93. The molecule has 0 N–H and O–H groups in total. The van der Waals surface area contributed by atoms with E-state index in [0.29, 0.717) is 36.3 Å². The van der Waals surface area contributed by atoms with E-state index < -0.39 is 0 Å². The van der Waals surface area contributed by atoms with Gasteiger partial charge >= 0.3 is 0 Å². The molecule has 0 amide bonds. The maximum Gasteiger partial charge on any atom is 0.209 e. The van der Waals surface area contributed by atoms with E-state index in [1.165, 1.54) is 12.8 Å². The van der Waals surface area contributed by atoms with Crippen LogP contribution in [0, 0.1) is 5.41 Å². The lowest BCUT2D eigenvalue weighted by atomic mass is 10.0. The first kappa shape index (κ1) is 16.5. The maximum atomic E-state index is 6.12. The zero-order valence-electron chi connectivity index (χ0n) is 16.1. The third-order valence-corrected chi connectivity index (χ3v) is 6.53. The van der Waals surface area contributed by atoms with E-state index >= 15 is 0 Å². The van der Waals surface area contributed by atoms with Crippen molar-refractivity contribution >= 4 is 11.7 Å². The molecular weight excluding hydrogens is 326 g/mol. The lowest BCUT2D eigenvalue weighted by molar-refractivity contribution is 0.00750. The van der Waals surface area contributed by atoms with Crippen LogP contribution in [0.5, 0.6) is 0 Å². The van der Waals surface area contributed by atoms with Gasteiger partial charge in [0, 0.05) is 23.2 Å². The van der Waals surface area contributed by atoms with Crippen molar-refractivity contribution < 1.29 is 9.47 Å². The molecule has 4 unspecified atom stereocenters. The highest BCUT2D eigenvalue weighted by Crippen LogP contribution is 2.46. The third kappa shape index (κ3) is 3.00. The van der Waals surface area contributed by atoms with Crippen LogP contribution in [0.1, 0.15) is 52.9 Å². The van der Waals surface area contributed by atoms with Crippen LogP contribution in [0.2, 0.25) is 0 Å². The van der Waals surface area contributed by atoms with Gasteiger partial charge in [-0.05, 0) is 57.6 Å². The average molecular weight is 355 g/mol. The van der Waals surface area contributed by atoms with Gasteiger partial charge in [-0.25, -0.2) is 9.98 Å². The van der Waals surface area contributed by atoms with Gasteiger partial charge in [0.1, 0.15) is 12.4 Å². The molecular formula is C21H29N3O2. The van der Waals surface area contributed by atoms with Crippen molar-refractivity contribution in [2.45, 2.75) is 77.2 Å². The Labute approximate surface area is 155 Å². The number of rotatable bonds is 2. The molecule has 0 radical (unpaired) electrons. The number of aliphatic imine (C=N–C) groups is 2. The Hall–Kier alpha value is -1.62. The Morgan fingerprint density at radius 1 is 1.23 bits per heavy atom. The second kappa shape index (κ2) is 5.95. The van der Waals surface area contributed by atoms with Gasteiger partial charge in [-0.2, -0.15) is 0 Å². The molecule has 4 atom stereocenters. The fraction of sp³-hybridized carbons (Fsp3) is 0.714. The quantitative estimate of drug-likeness (QED) is 0.762. The number of piperidine rings is 1. The van der Waals surface area contributed by atoms with E-state index in [0.717, 1.165) is 48.9 Å². The molecule has 1 saturated carbocycles. The zero-order chi connectivity index (χ0) is 17.9. The van der Waals surface area contributed by atoms with Crippen LogP contribution in [0.3, 0.4) is 0 Å². The minimum atomic E-state index is 0.357. The van der Waals surface area contributed by atoms with Gasteiger partial charge in [0.15, 0.2) is 0 Å². The summed E-state index contributed by atoms with van der Waals surface area (Å²) in [4.78, 5) is 12.3. The molecule has 5 fully saturated rings. The Morgan fingerprint density at radius 2 is 2.08 bits per heavy atom. The molecule has 5 aliphatic heterocycles. The van der Waals surface area contributed by atoms with Crippen molar-refractivity contribution in [2.75, 3.05) is 13.2 Å². The molecule has 26 heavy (non-hydrogen) atoms. The summed E-state index contributed by atoms with van der Waals surface area (Å²) in [5.74, 6) is 1.83. The molecule has 6 rings (SSSR count). The molecule has 140 valence electrons. The van der Waals surface area contributed by atoms with Crippen molar-refractivity contribution in [3.05, 3.63) is 23.4 Å². The predicted molar refractivity (Wildman–Crippen MR) is 102 cm³/mol. The first-order valence-electron chi connectivity index (χ1n) is 10.0. The number of amidine groups is 1. The Balaban J connectivity index is 1.40. The molecule has 5 nitrogen and oxygen atoms in total. The van der Waals surface area contributed by atoms with E-state index in [1.54, 1.807) is 0 Å². The summed E-state index contributed by atoms with van der Waals surface area (Å²) in [5.41, 5.74) is 2.53. The smallest absolute Gasteiger partial charge is 0.209 e. The summed E-state index contributed by atoms with van der Waals surface area (Å²) in [6, 6.07) is 1.06. The Kier molecular flexibility index (Phi) is 3.78. The van der Waals surface area contributed by atoms with Crippen LogP contribution in [0.25, 0.3) is 0 Å². The molecule has 4 saturated heterocycles. The molecule has 0 spiro atoms. The van der Waals surface area contributed by atoms with Gasteiger partial charge < -0.3 is 14.4 Å². The molecule has 4 bridgehead atoms. The van der Waals surface area contributed by atoms with E-state index in [1.807, 2.05) is 0 Å². The second-order valence-electron chi connectivity index (χ2n) is 9.09. The van der Waals surface area contributed by atoms with Crippen LogP contribution in [-0.4, -0.2) is 54.1 Å². The standard InChI is InChI=1S/C21H29N3O2/c1-13-6-14(2)23-19(11-22-20(7-13)25-12-21(3)4-5-21)24-15-8-16-10-17(24)18(9-15)26-16/h6-7,15-18H,4-5,8-12H2,1-3H3/b13-7+,14-6-,22-20+,23-19+. The minimum absolute atomic E-state index is 0.357. The molecule has 0 aromatic rings. The monoisotopic (exact) mass is 355 g/mol. The SMILES string of the molecule is CC1=C/C(C)=C/C(OCC2(C)CC2)=N\C/C(N2C3CC4CC2C(C3)O4)=N\1. The number of allylic oxidation sites excluding steroid dienone is 3. The summed E-state index contributed by atoms with van der Waals surface area (Å²) in [7, 11) is 0. The topological polar surface area (TPSA) is 46.4 Å². The first-order valence-corrected chi connectivity index (χ1v) is 10.0. The van der Waals surface area contributed by atoms with Crippen LogP contribution in [0.4, 0.5) is 0 Å². The molecule has 1 aliphatic carbocycles. The van der Waals surface area contributed by atoms with Crippen LogP contribution < -0.4 is 0 Å². The lowest BCUT2D eigenvalue weighted by Gasteiger charge is -2.37. The highest BCUT2D eigenvalue weighted by atomic mass is 16.5. The van der Waals surface area contributed by atoms with Crippen LogP contribution >= 0.6 is 0 Å². The summed E-state index contributed by atoms with van der Waals surface area (Å²) >= 11 is 0. The summed E-state index contributed by atoms with van der Waals surface area (Å²) in [5, 5.41) is 0. The minimum Gasteiger partial charge on any atom is -0.477 e. The number of nitrogens with zero attached hydrogens (tertiary/aromatic N) is 3. The van der Waals surface area contributed by atoms with Gasteiger partial charge in [-0.1, -0.05) is 6.92 Å². The fourth-order valence-electron chi connectivity index (χ4n) is 4.90. The van der Waals surface area contributed by atoms with E-state index in [9.17, 15) is 0 Å². The first-order chi connectivity index (χ1) is 12.5. The molecule has 0 aromatic heterocycles. The molecule has 5 heteroatoms. The van der Waals surface area contributed by atoms with Crippen molar-refractivity contribution in [1.29, 1.82) is 0 Å². The van der Waals surface area contributed by atoms with E-state index in [4.69, 9.17) is 19.5 Å². The highest BCUT2D eigenvalue weighted by Gasteiger charge is 2.54. The van der Waals surface area contributed by atoms with Gasteiger partial charge in [0.25, 0.3) is 0 Å². The van der Waals surface area contributed by atoms with Crippen molar-refractivity contribution in [3.63, 3.8) is 0 Å². The van der Waals surface area contributed by atoms with Gasteiger partial charge in [-0.15, -0.1) is 0 Å². The van der Waals surface area contributed by atoms with Crippen molar-refractivity contribution in [1.82, 2.24) is 4.90 Å². The normalized spacial score (nSPS) is 45.3. The maximum absolute atomic E-state index is 6.12. The summed E-state index contributed by atoms with van der Waals surface area (Å²) in [6.07, 6.45) is 11.0. The second-order valence-corrected chi connectivity index (χ2v) is 9.09. The number of hydrogen-bond acceptors (Lipinski definition) is 5. The lowest BCUT2D eigenvalue weighted by Crippen LogP contribution is -2.47. The molecule has 5 heterocycles. The summed E-state index contributed by atoms with van der Waals surface area (Å²) < 4.78 is 12.2. The van der Waals surface area contributed by atoms with E-state index in [2.05, 4.69) is 37.8 Å². The van der Waals surface area contributed by atoms with Gasteiger partial charge in [-0.3, -0.25) is 0 Å². The Morgan fingerprint density at radius 3 is 2.85 bits per heavy atom. The zero-order valence-corrected chi connectivity index (χ0v) is 16.1. The molecule has 0 aromatic carbocycles.